The van der Waals surface area contributed by atoms with E-state index in [1.807, 2.05) is 6.92 Å². The van der Waals surface area contributed by atoms with Crippen molar-refractivity contribution in [1.82, 2.24) is 15.0 Å². The van der Waals surface area contributed by atoms with Crippen molar-refractivity contribution in [3.63, 3.8) is 0 Å². The number of benzene rings is 1. The third-order valence-electron chi connectivity index (χ3n) is 9.34. The number of aryl methyl sites for hydroxylation is 1. The number of carbonyl (C=O) groups is 2. The summed E-state index contributed by atoms with van der Waals surface area (Å²) >= 11 is 0. The molecule has 3 heterocycles. The van der Waals surface area contributed by atoms with Crippen molar-refractivity contribution >= 4 is 11.6 Å². The number of likely N-dealkylation sites (tertiary alicyclic amines) is 1. The lowest BCUT2D eigenvalue weighted by Crippen LogP contribution is -2.62. The predicted molar refractivity (Wildman–Crippen MR) is 159 cm³/mol. The van der Waals surface area contributed by atoms with Gasteiger partial charge in [0.25, 0.3) is 0 Å². The highest BCUT2D eigenvalue weighted by Crippen LogP contribution is 2.44. The summed E-state index contributed by atoms with van der Waals surface area (Å²) in [5, 5.41) is 14.2. The van der Waals surface area contributed by atoms with Crippen molar-refractivity contribution in [3.8, 4) is 11.3 Å². The molecule has 1 aromatic carbocycles. The van der Waals surface area contributed by atoms with Crippen LogP contribution in [0.5, 0.6) is 0 Å². The largest absolute Gasteiger partial charge is 0.416 e. The van der Waals surface area contributed by atoms with Crippen molar-refractivity contribution in [2.45, 2.75) is 95.9 Å². The van der Waals surface area contributed by atoms with Crippen molar-refractivity contribution in [3.05, 3.63) is 70.7 Å². The first kappa shape index (κ1) is 33.8. The molecule has 0 radical (unpaired) electrons. The number of ketones is 2. The molecule has 46 heavy (non-hydrogen) atoms. The van der Waals surface area contributed by atoms with Crippen LogP contribution in [0, 0.1) is 24.0 Å². The highest BCUT2D eigenvalue weighted by atomic mass is 19.4. The average molecular weight is 648 g/mol. The third kappa shape index (κ3) is 7.54. The number of alkyl halides is 3. The van der Waals surface area contributed by atoms with Crippen LogP contribution < -0.4 is 0 Å². The number of pyridine rings is 1. The Morgan fingerprint density at radius 2 is 1.72 bits per heavy atom. The summed E-state index contributed by atoms with van der Waals surface area (Å²) in [6.07, 6.45) is -1.87. The summed E-state index contributed by atoms with van der Waals surface area (Å²) in [5.74, 6) is -2.30. The molecule has 0 atom stereocenters. The van der Waals surface area contributed by atoms with Gasteiger partial charge in [-0.25, -0.2) is 8.78 Å². The van der Waals surface area contributed by atoms with E-state index in [-0.39, 0.29) is 59.5 Å². The Morgan fingerprint density at radius 1 is 1.04 bits per heavy atom. The van der Waals surface area contributed by atoms with Crippen molar-refractivity contribution < 1.29 is 41.2 Å². The molecule has 1 saturated heterocycles. The Bertz CT molecular complexity index is 1610. The maximum absolute atomic E-state index is 14.3. The zero-order valence-electron chi connectivity index (χ0n) is 26.3. The smallest absolute Gasteiger partial charge is 0.390 e. The zero-order chi connectivity index (χ0) is 33.7. The number of hydrogen-bond acceptors (Lipinski definition) is 7. The van der Waals surface area contributed by atoms with Crippen LogP contribution in [0.3, 0.4) is 0 Å². The van der Waals surface area contributed by atoms with E-state index in [1.165, 1.54) is 19.1 Å². The van der Waals surface area contributed by atoms with Gasteiger partial charge in [0.2, 0.25) is 0 Å². The van der Waals surface area contributed by atoms with Gasteiger partial charge >= 0.3 is 6.18 Å². The van der Waals surface area contributed by atoms with Gasteiger partial charge in [0.15, 0.2) is 11.5 Å². The van der Waals surface area contributed by atoms with Crippen LogP contribution in [0.4, 0.5) is 22.0 Å². The number of hydrogen-bond donors (Lipinski definition) is 1. The predicted octanol–water partition coefficient (Wildman–Crippen LogP) is 7.24. The lowest BCUT2D eigenvalue weighted by molar-refractivity contribution is -0.137. The second kappa shape index (κ2) is 12.3. The average Bonchev–Trinajstić information content (AvgIpc) is 3.40. The Kier molecular flexibility index (Phi) is 9.02. The van der Waals surface area contributed by atoms with Gasteiger partial charge in [-0.05, 0) is 63.8 Å². The SMILES string of the molecule is Cc1cc(C(F)(F)F)cc(C(C)(C)CC(=O)CC2(CC(=O)c3cc(-c4ccc(F)cc4F)on3)CN(C3CCC(C)(O)CC3)C2)n1. The molecule has 12 heteroatoms. The van der Waals surface area contributed by atoms with Gasteiger partial charge in [-0.15, -0.1) is 0 Å². The van der Waals surface area contributed by atoms with Gasteiger partial charge in [0, 0.05) is 72.7 Å². The minimum atomic E-state index is -4.56. The topological polar surface area (TPSA) is 96.5 Å². The van der Waals surface area contributed by atoms with Crippen LogP contribution in [0.15, 0.2) is 40.9 Å². The first-order chi connectivity index (χ1) is 21.3. The van der Waals surface area contributed by atoms with E-state index in [2.05, 4.69) is 15.0 Å². The van der Waals surface area contributed by atoms with E-state index >= 15 is 0 Å². The normalized spacial score (nSPS) is 22.0. The van der Waals surface area contributed by atoms with Gasteiger partial charge in [0.1, 0.15) is 23.1 Å². The molecule has 2 aromatic heterocycles. The second-order valence-corrected chi connectivity index (χ2v) is 14.1. The fourth-order valence-electron chi connectivity index (χ4n) is 6.85. The molecule has 0 unspecified atom stereocenters. The van der Waals surface area contributed by atoms with E-state index in [0.29, 0.717) is 32.0 Å². The molecule has 2 fully saturated rings. The molecule has 0 spiro atoms. The van der Waals surface area contributed by atoms with Gasteiger partial charge in [-0.1, -0.05) is 19.0 Å². The quantitative estimate of drug-likeness (QED) is 0.183. The summed E-state index contributed by atoms with van der Waals surface area (Å²) in [6, 6.07) is 6.38. The van der Waals surface area contributed by atoms with Gasteiger partial charge < -0.3 is 9.63 Å². The van der Waals surface area contributed by atoms with Crippen LogP contribution in [-0.4, -0.2) is 56.4 Å². The van der Waals surface area contributed by atoms with Crippen molar-refractivity contribution in [2.75, 3.05) is 13.1 Å². The molecule has 0 bridgehead atoms. The van der Waals surface area contributed by atoms with Crippen LogP contribution in [0.1, 0.15) is 93.2 Å². The third-order valence-corrected chi connectivity index (χ3v) is 9.34. The van der Waals surface area contributed by atoms with E-state index in [1.54, 1.807) is 13.8 Å². The first-order valence-corrected chi connectivity index (χ1v) is 15.3. The van der Waals surface area contributed by atoms with E-state index < -0.39 is 45.6 Å². The van der Waals surface area contributed by atoms with E-state index in [9.17, 15) is 36.6 Å². The number of Topliss-reactive ketones (excluding diaryl/α,β-unsaturated/α-hetero) is 2. The molecule has 1 aliphatic carbocycles. The van der Waals surface area contributed by atoms with Crippen molar-refractivity contribution in [1.29, 1.82) is 0 Å². The first-order valence-electron chi connectivity index (χ1n) is 15.3. The highest BCUT2D eigenvalue weighted by Gasteiger charge is 2.49. The number of halogens is 5. The molecule has 5 rings (SSSR count). The molecule has 1 aliphatic heterocycles. The monoisotopic (exact) mass is 647 g/mol. The molecule has 0 amide bonds. The van der Waals surface area contributed by atoms with Gasteiger partial charge in [-0.3, -0.25) is 19.5 Å². The summed E-state index contributed by atoms with van der Waals surface area (Å²) in [4.78, 5) is 33.7. The molecule has 2 aliphatic rings. The lowest BCUT2D eigenvalue weighted by atomic mass is 9.68. The summed E-state index contributed by atoms with van der Waals surface area (Å²) in [7, 11) is 0. The number of rotatable bonds is 10. The Labute approximate surface area is 264 Å². The Balaban J connectivity index is 1.34. The summed E-state index contributed by atoms with van der Waals surface area (Å²) in [5.41, 5.74) is -3.07. The van der Waals surface area contributed by atoms with E-state index in [0.717, 1.165) is 31.0 Å². The minimum absolute atomic E-state index is 0.0122. The maximum atomic E-state index is 14.3. The molecular formula is C34H38F5N3O4. The van der Waals surface area contributed by atoms with Gasteiger partial charge in [0.05, 0.1) is 16.7 Å². The van der Waals surface area contributed by atoms with E-state index in [4.69, 9.17) is 4.52 Å². The minimum Gasteiger partial charge on any atom is -0.390 e. The van der Waals surface area contributed by atoms with Crippen LogP contribution in [0.25, 0.3) is 11.3 Å². The molecular weight excluding hydrogens is 609 g/mol. The Hall–Kier alpha value is -3.51. The molecule has 3 aromatic rings. The molecule has 1 saturated carbocycles. The number of aliphatic hydroxyl groups is 1. The number of nitrogens with zero attached hydrogens (tertiary/aromatic N) is 3. The van der Waals surface area contributed by atoms with Crippen LogP contribution >= 0.6 is 0 Å². The maximum Gasteiger partial charge on any atom is 0.416 e. The number of aromatic nitrogens is 2. The molecule has 1 N–H and O–H groups in total. The molecule has 248 valence electrons. The van der Waals surface area contributed by atoms with Crippen molar-refractivity contribution in [2.24, 2.45) is 5.41 Å². The highest BCUT2D eigenvalue weighted by molar-refractivity contribution is 5.96. The standard InChI is InChI=1S/C34H38F5N3O4/c1-20-11-21(34(37,38)39)12-30(40-20)31(2,3)15-24(43)16-33(18-42(19-33)23-7-9-32(4,45)10-8-23)17-28(44)27-14-29(46-41-27)25-6-5-22(35)13-26(25)36/h5-6,11-14,23,45H,7-10,15-19H2,1-4H3. The molecule has 7 nitrogen and oxygen atoms in total. The Morgan fingerprint density at radius 3 is 2.35 bits per heavy atom. The van der Waals surface area contributed by atoms with Crippen LogP contribution in [-0.2, 0) is 16.4 Å². The summed E-state index contributed by atoms with van der Waals surface area (Å²) in [6.45, 7) is 7.53. The second-order valence-electron chi connectivity index (χ2n) is 14.1. The fourth-order valence-corrected chi connectivity index (χ4v) is 6.85. The summed E-state index contributed by atoms with van der Waals surface area (Å²) < 4.78 is 73.5. The fraction of sp³-hybridized carbons (Fsp3) is 0.529. The van der Waals surface area contributed by atoms with Gasteiger partial charge in [-0.2, -0.15) is 13.2 Å². The van der Waals surface area contributed by atoms with Crippen LogP contribution in [0.2, 0.25) is 0 Å². The lowest BCUT2D eigenvalue weighted by Gasteiger charge is -2.54. The number of carbonyl (C=O) groups excluding carboxylic acids is 2. The zero-order valence-corrected chi connectivity index (χ0v) is 26.3.